The van der Waals surface area contributed by atoms with Crippen LogP contribution < -0.4 is 5.32 Å². The Morgan fingerprint density at radius 1 is 1.22 bits per heavy atom. The molecule has 3 aromatic heterocycles. The first-order chi connectivity index (χ1) is 17.5. The van der Waals surface area contributed by atoms with E-state index >= 15 is 0 Å². The predicted molar refractivity (Wildman–Crippen MR) is 149 cm³/mol. The fourth-order valence-corrected chi connectivity index (χ4v) is 5.95. The molecule has 0 unspecified atom stereocenters. The Labute approximate surface area is 227 Å². The monoisotopic (exact) mass is 615 g/mol. The van der Waals surface area contributed by atoms with Crippen LogP contribution in [0.25, 0.3) is 22.7 Å². The Kier molecular flexibility index (Phi) is 7.81. The van der Waals surface area contributed by atoms with Crippen LogP contribution in [0.3, 0.4) is 0 Å². The van der Waals surface area contributed by atoms with Crippen LogP contribution in [0, 0.1) is 15.4 Å². The maximum absolute atomic E-state index is 10.8. The maximum atomic E-state index is 10.8. The van der Waals surface area contributed by atoms with E-state index in [9.17, 15) is 10.2 Å². The Hall–Kier alpha value is -2.59. The molecule has 10 heteroatoms. The van der Waals surface area contributed by atoms with Gasteiger partial charge < -0.3 is 19.9 Å². The van der Waals surface area contributed by atoms with Crippen LogP contribution >= 0.6 is 34.4 Å². The number of halogens is 1. The Morgan fingerprint density at radius 2 is 2.11 bits per heavy atom. The Bertz CT molecular complexity index is 1410. The first-order valence-electron chi connectivity index (χ1n) is 11.8. The summed E-state index contributed by atoms with van der Waals surface area (Å²) in [7, 11) is 0. The van der Waals surface area contributed by atoms with Crippen molar-refractivity contribution >= 4 is 51.3 Å². The summed E-state index contributed by atoms with van der Waals surface area (Å²) >= 11 is 3.75. The van der Waals surface area contributed by atoms with E-state index in [0.29, 0.717) is 46.7 Å². The van der Waals surface area contributed by atoms with E-state index in [4.69, 9.17) is 19.4 Å². The number of nitrogens with zero attached hydrogens (tertiary/aromatic N) is 4. The van der Waals surface area contributed by atoms with Gasteiger partial charge in [-0.15, -0.1) is 11.8 Å². The van der Waals surface area contributed by atoms with E-state index in [0.717, 1.165) is 28.4 Å². The van der Waals surface area contributed by atoms with Crippen LogP contribution in [0.1, 0.15) is 42.9 Å². The Balaban J connectivity index is 1.64. The zero-order chi connectivity index (χ0) is 25.1. The maximum Gasteiger partial charge on any atom is 0.208 e. The highest BCUT2D eigenvalue weighted by atomic mass is 127. The zero-order valence-corrected chi connectivity index (χ0v) is 22.7. The normalized spacial score (nSPS) is 19.4. The van der Waals surface area contributed by atoms with Crippen molar-refractivity contribution in [1.29, 1.82) is 0 Å². The van der Waals surface area contributed by atoms with Crippen LogP contribution in [0.15, 0.2) is 47.1 Å². The molecule has 3 N–H and O–H groups in total. The number of anilines is 1. The van der Waals surface area contributed by atoms with Gasteiger partial charge in [0.05, 0.1) is 12.4 Å². The predicted octanol–water partition coefficient (Wildman–Crippen LogP) is 4.81. The average Bonchev–Trinajstić information content (AvgIpc) is 3.60. The molecule has 0 amide bonds. The van der Waals surface area contributed by atoms with Crippen LogP contribution in [0.2, 0.25) is 0 Å². The van der Waals surface area contributed by atoms with Gasteiger partial charge in [-0.3, -0.25) is 4.57 Å². The number of hydrogen-bond donors (Lipinski definition) is 3. The van der Waals surface area contributed by atoms with Crippen LogP contribution in [-0.4, -0.2) is 47.7 Å². The molecule has 8 nitrogen and oxygen atoms in total. The van der Waals surface area contributed by atoms with Crippen LogP contribution in [0.4, 0.5) is 5.82 Å². The minimum atomic E-state index is -0.974. The number of unbranched alkanes of at least 4 members (excludes halogenated alkanes) is 2. The lowest BCUT2D eigenvalue weighted by Crippen LogP contribution is -2.28. The minimum Gasteiger partial charge on any atom is -0.461 e. The summed E-state index contributed by atoms with van der Waals surface area (Å²) in [5, 5.41) is 24.0. The summed E-state index contributed by atoms with van der Waals surface area (Å²) < 4.78 is 8.67. The van der Waals surface area contributed by atoms with Crippen LogP contribution in [-0.2, 0) is 6.54 Å². The fraction of sp³-hybridized carbons (Fsp3) is 0.346. The standard InChI is InChI=1S/C26H26IN5O3S/c1-2-3-4-5-11-20-29-23(28-14-16-8-6-9-17(27)13-16)21-25(30-20)32(26-22(34)18(33)15-36-26)24(31-21)19-10-7-12-35-19/h6-10,12-13,18,22,26,33-34H,2-4,14-15H2,1H3,(H,28,29,30)/t18-,22-,26-/m1/s1. The van der Waals surface area contributed by atoms with E-state index in [2.05, 4.69) is 58.8 Å². The van der Waals surface area contributed by atoms with Crippen molar-refractivity contribution in [3.8, 4) is 23.4 Å². The molecule has 1 aliphatic heterocycles. The first-order valence-corrected chi connectivity index (χ1v) is 14.0. The van der Waals surface area contributed by atoms with Gasteiger partial charge in [-0.2, -0.15) is 0 Å². The van der Waals surface area contributed by atoms with Crippen molar-refractivity contribution < 1.29 is 14.6 Å². The van der Waals surface area contributed by atoms with Gasteiger partial charge in [-0.1, -0.05) is 31.4 Å². The number of aliphatic hydroxyl groups is 2. The lowest BCUT2D eigenvalue weighted by atomic mass is 10.2. The zero-order valence-electron chi connectivity index (χ0n) is 19.7. The summed E-state index contributed by atoms with van der Waals surface area (Å²) in [4.78, 5) is 14.3. The van der Waals surface area contributed by atoms with E-state index in [-0.39, 0.29) is 0 Å². The third kappa shape index (κ3) is 5.25. The number of hydrogen-bond acceptors (Lipinski definition) is 8. The molecular weight excluding hydrogens is 589 g/mol. The molecule has 1 saturated heterocycles. The number of benzene rings is 1. The highest BCUT2D eigenvalue weighted by molar-refractivity contribution is 14.1. The molecule has 4 heterocycles. The number of imidazole rings is 1. The number of nitrogens with one attached hydrogen (secondary N) is 1. The molecule has 1 aromatic carbocycles. The molecule has 36 heavy (non-hydrogen) atoms. The third-order valence-corrected chi connectivity index (χ3v) is 7.90. The molecule has 0 saturated carbocycles. The molecule has 0 spiro atoms. The quantitative estimate of drug-likeness (QED) is 0.155. The Morgan fingerprint density at radius 3 is 2.83 bits per heavy atom. The summed E-state index contributed by atoms with van der Waals surface area (Å²) in [6, 6.07) is 11.8. The number of fused-ring (bicyclic) bond motifs is 1. The van der Waals surface area contributed by atoms with Gasteiger partial charge in [0, 0.05) is 22.3 Å². The van der Waals surface area contributed by atoms with E-state index in [1.807, 2.05) is 22.8 Å². The van der Waals surface area contributed by atoms with Gasteiger partial charge in [0.15, 0.2) is 28.6 Å². The first kappa shape index (κ1) is 25.1. The second-order valence-electron chi connectivity index (χ2n) is 8.52. The second-order valence-corrected chi connectivity index (χ2v) is 10.9. The van der Waals surface area contributed by atoms with E-state index in [1.54, 1.807) is 12.3 Å². The molecule has 0 radical (unpaired) electrons. The molecule has 3 atom stereocenters. The summed E-state index contributed by atoms with van der Waals surface area (Å²) in [6.45, 7) is 2.68. The number of thioether (sulfide) groups is 1. The number of aromatic nitrogens is 4. The average molecular weight is 615 g/mol. The van der Waals surface area contributed by atoms with Gasteiger partial charge >= 0.3 is 0 Å². The lowest BCUT2D eigenvalue weighted by molar-refractivity contribution is 0.0316. The summed E-state index contributed by atoms with van der Waals surface area (Å²) in [6.07, 6.45) is 2.61. The molecule has 186 valence electrons. The molecule has 1 aliphatic rings. The second kappa shape index (κ2) is 11.2. The fourth-order valence-electron chi connectivity index (χ4n) is 4.02. The highest BCUT2D eigenvalue weighted by Gasteiger charge is 2.39. The number of furan rings is 1. The van der Waals surface area contributed by atoms with Crippen LogP contribution in [0.5, 0.6) is 0 Å². The van der Waals surface area contributed by atoms with Crippen molar-refractivity contribution in [1.82, 2.24) is 19.5 Å². The summed E-state index contributed by atoms with van der Waals surface area (Å²) in [5.41, 5.74) is 2.20. The largest absolute Gasteiger partial charge is 0.461 e. The molecular formula is C26H26IN5O3S. The highest BCUT2D eigenvalue weighted by Crippen LogP contribution is 2.42. The van der Waals surface area contributed by atoms with Crippen molar-refractivity contribution in [2.75, 3.05) is 11.1 Å². The van der Waals surface area contributed by atoms with Gasteiger partial charge in [-0.25, -0.2) is 15.0 Å². The molecule has 5 rings (SSSR count). The van der Waals surface area contributed by atoms with Crippen molar-refractivity contribution in [3.05, 3.63) is 57.6 Å². The molecule has 4 aromatic rings. The van der Waals surface area contributed by atoms with Crippen molar-refractivity contribution in [2.45, 2.75) is 50.3 Å². The lowest BCUT2D eigenvalue weighted by Gasteiger charge is -2.19. The smallest absolute Gasteiger partial charge is 0.208 e. The molecule has 1 fully saturated rings. The topological polar surface area (TPSA) is 109 Å². The van der Waals surface area contributed by atoms with Gasteiger partial charge in [0.1, 0.15) is 11.5 Å². The van der Waals surface area contributed by atoms with Crippen molar-refractivity contribution in [2.24, 2.45) is 0 Å². The van der Waals surface area contributed by atoms with Gasteiger partial charge in [-0.05, 0) is 64.8 Å². The SMILES string of the molecule is CCCCC#Cc1nc(NCc2cccc(I)c2)c2nc(-c3ccco3)n([C@@H]3SC[C@@H](O)[C@H]3O)c2n1. The number of aliphatic hydroxyl groups excluding tert-OH is 2. The number of rotatable bonds is 7. The summed E-state index contributed by atoms with van der Waals surface area (Å²) in [5.74, 6) is 8.69. The van der Waals surface area contributed by atoms with E-state index < -0.39 is 17.6 Å². The third-order valence-electron chi connectivity index (χ3n) is 5.86. The van der Waals surface area contributed by atoms with Gasteiger partial charge in [0.2, 0.25) is 5.82 Å². The minimum absolute atomic E-state index is 0.383. The van der Waals surface area contributed by atoms with E-state index in [1.165, 1.54) is 11.8 Å². The molecule has 0 bridgehead atoms. The van der Waals surface area contributed by atoms with Crippen molar-refractivity contribution in [3.63, 3.8) is 0 Å². The molecule has 0 aliphatic carbocycles. The van der Waals surface area contributed by atoms with Gasteiger partial charge in [0.25, 0.3) is 0 Å².